The number of benzene rings is 1. The molecule has 1 saturated heterocycles. The summed E-state index contributed by atoms with van der Waals surface area (Å²) >= 11 is 1.48. The van der Waals surface area contributed by atoms with Crippen LogP contribution in [0.25, 0.3) is 10.6 Å². The molecule has 0 aliphatic carbocycles. The van der Waals surface area contributed by atoms with Crippen LogP contribution in [0.15, 0.2) is 29.6 Å². The highest BCUT2D eigenvalue weighted by molar-refractivity contribution is 7.91. The van der Waals surface area contributed by atoms with Crippen molar-refractivity contribution in [3.8, 4) is 16.3 Å². The Balaban J connectivity index is 1.65. The molecule has 0 bridgehead atoms. The fraction of sp³-hybridized carbons (Fsp3) is 0.412. The van der Waals surface area contributed by atoms with Crippen molar-refractivity contribution in [1.29, 1.82) is 0 Å². The van der Waals surface area contributed by atoms with E-state index in [-0.39, 0.29) is 29.9 Å². The zero-order valence-corrected chi connectivity index (χ0v) is 15.8. The van der Waals surface area contributed by atoms with Gasteiger partial charge in [-0.25, -0.2) is 13.4 Å². The molecule has 1 aliphatic heterocycles. The molecule has 1 amide bonds. The number of carbonyl (C=O) groups excluding carboxylic acids is 1. The first-order valence-corrected chi connectivity index (χ1v) is 10.6. The van der Waals surface area contributed by atoms with Crippen LogP contribution in [0.5, 0.6) is 5.75 Å². The molecule has 1 aromatic carbocycles. The molecule has 3 rings (SSSR count). The van der Waals surface area contributed by atoms with E-state index >= 15 is 0 Å². The van der Waals surface area contributed by atoms with E-state index in [9.17, 15) is 13.2 Å². The number of aromatic nitrogens is 1. The number of amides is 1. The van der Waals surface area contributed by atoms with Crippen molar-refractivity contribution in [2.24, 2.45) is 0 Å². The molecule has 134 valence electrons. The summed E-state index contributed by atoms with van der Waals surface area (Å²) in [6.07, 6.45) is 0.693. The van der Waals surface area contributed by atoms with E-state index in [1.807, 2.05) is 29.6 Å². The summed E-state index contributed by atoms with van der Waals surface area (Å²) in [6.45, 7) is 0. The summed E-state index contributed by atoms with van der Waals surface area (Å²) in [5, 5.41) is 2.72. The molecule has 0 unspecified atom stereocenters. The predicted molar refractivity (Wildman–Crippen MR) is 97.6 cm³/mol. The normalized spacial score (nSPS) is 18.9. The van der Waals surface area contributed by atoms with E-state index in [1.54, 1.807) is 19.1 Å². The zero-order chi connectivity index (χ0) is 18.0. The van der Waals surface area contributed by atoms with E-state index in [1.165, 1.54) is 11.3 Å². The number of hydrogen-bond donors (Lipinski definition) is 0. The standard InChI is InChI=1S/C17H20N2O4S2/c1-19(14-7-8-25(21,22)11-14)16(20)9-13-10-24-17(18-13)12-3-5-15(23-2)6-4-12/h3-6,10,14H,7-9,11H2,1-2H3/t14-/m0/s1. The Labute approximate surface area is 151 Å². The Bertz CT molecular complexity index is 859. The first kappa shape index (κ1) is 17.9. The molecule has 1 fully saturated rings. The van der Waals surface area contributed by atoms with Gasteiger partial charge >= 0.3 is 0 Å². The van der Waals surface area contributed by atoms with Gasteiger partial charge in [-0.3, -0.25) is 4.79 Å². The highest BCUT2D eigenvalue weighted by Crippen LogP contribution is 2.26. The third kappa shape index (κ3) is 4.19. The molecule has 0 N–H and O–H groups in total. The highest BCUT2D eigenvalue weighted by Gasteiger charge is 2.32. The van der Waals surface area contributed by atoms with Crippen molar-refractivity contribution in [2.45, 2.75) is 18.9 Å². The summed E-state index contributed by atoms with van der Waals surface area (Å²) in [5.41, 5.74) is 1.67. The van der Waals surface area contributed by atoms with Crippen molar-refractivity contribution in [3.63, 3.8) is 0 Å². The van der Waals surface area contributed by atoms with Gasteiger partial charge in [-0.05, 0) is 30.7 Å². The summed E-state index contributed by atoms with van der Waals surface area (Å²) in [7, 11) is 0.288. The van der Waals surface area contributed by atoms with Crippen LogP contribution in [0, 0.1) is 0 Å². The number of likely N-dealkylation sites (N-methyl/N-ethyl adjacent to an activating group) is 1. The van der Waals surface area contributed by atoms with Crippen LogP contribution < -0.4 is 4.74 Å². The quantitative estimate of drug-likeness (QED) is 0.793. The average molecular weight is 380 g/mol. The predicted octanol–water partition coefficient (Wildman–Crippen LogP) is 2.01. The molecular formula is C17H20N2O4S2. The lowest BCUT2D eigenvalue weighted by Crippen LogP contribution is -2.38. The minimum absolute atomic E-state index is 0.0589. The van der Waals surface area contributed by atoms with E-state index < -0.39 is 9.84 Å². The molecule has 1 atom stereocenters. The highest BCUT2D eigenvalue weighted by atomic mass is 32.2. The van der Waals surface area contributed by atoms with Gasteiger partial charge in [-0.2, -0.15) is 0 Å². The number of thiazole rings is 1. The van der Waals surface area contributed by atoms with Gasteiger partial charge in [0.15, 0.2) is 9.84 Å². The first-order chi connectivity index (χ1) is 11.9. The minimum Gasteiger partial charge on any atom is -0.497 e. The van der Waals surface area contributed by atoms with Gasteiger partial charge in [0.2, 0.25) is 5.91 Å². The number of methoxy groups -OCH3 is 1. The van der Waals surface area contributed by atoms with Crippen LogP contribution in [0.2, 0.25) is 0 Å². The van der Waals surface area contributed by atoms with Crippen molar-refractivity contribution in [2.75, 3.05) is 25.7 Å². The maximum Gasteiger partial charge on any atom is 0.228 e. The lowest BCUT2D eigenvalue weighted by atomic mass is 10.2. The second-order valence-corrected chi connectivity index (χ2v) is 9.20. The largest absolute Gasteiger partial charge is 0.497 e. The summed E-state index contributed by atoms with van der Waals surface area (Å²) < 4.78 is 28.3. The lowest BCUT2D eigenvalue weighted by molar-refractivity contribution is -0.130. The fourth-order valence-electron chi connectivity index (χ4n) is 2.82. The van der Waals surface area contributed by atoms with Gasteiger partial charge in [-0.1, -0.05) is 0 Å². The number of rotatable bonds is 5. The van der Waals surface area contributed by atoms with Gasteiger partial charge in [0.25, 0.3) is 0 Å². The van der Waals surface area contributed by atoms with Crippen molar-refractivity contribution in [1.82, 2.24) is 9.88 Å². The Kier molecular flexibility index (Phi) is 5.10. The van der Waals surface area contributed by atoms with Gasteiger partial charge < -0.3 is 9.64 Å². The van der Waals surface area contributed by atoms with Crippen LogP contribution in [-0.4, -0.2) is 55.9 Å². The molecule has 0 spiro atoms. The molecule has 0 radical (unpaired) electrons. The maximum absolute atomic E-state index is 12.4. The number of sulfone groups is 1. The smallest absolute Gasteiger partial charge is 0.228 e. The molecule has 1 aromatic heterocycles. The van der Waals surface area contributed by atoms with Crippen LogP contribution in [0.1, 0.15) is 12.1 Å². The fourth-order valence-corrected chi connectivity index (χ4v) is 5.42. The van der Waals surface area contributed by atoms with Gasteiger partial charge in [-0.15, -0.1) is 11.3 Å². The second-order valence-electron chi connectivity index (χ2n) is 6.11. The van der Waals surface area contributed by atoms with E-state index in [0.717, 1.165) is 16.3 Å². The summed E-state index contributed by atoms with van der Waals surface area (Å²) in [6, 6.07) is 7.38. The molecular weight excluding hydrogens is 360 g/mol. The molecule has 1 aliphatic rings. The second kappa shape index (κ2) is 7.13. The Morgan fingerprint density at radius 3 is 2.68 bits per heavy atom. The third-order valence-electron chi connectivity index (χ3n) is 4.37. The Hall–Kier alpha value is -1.93. The maximum atomic E-state index is 12.4. The lowest BCUT2D eigenvalue weighted by Gasteiger charge is -2.23. The van der Waals surface area contributed by atoms with E-state index in [4.69, 9.17) is 4.74 Å². The zero-order valence-electron chi connectivity index (χ0n) is 14.1. The van der Waals surface area contributed by atoms with Gasteiger partial charge in [0.1, 0.15) is 10.8 Å². The van der Waals surface area contributed by atoms with Gasteiger partial charge in [0.05, 0.1) is 30.7 Å². The van der Waals surface area contributed by atoms with Gasteiger partial charge in [0, 0.05) is 24.0 Å². The molecule has 0 saturated carbocycles. The van der Waals surface area contributed by atoms with Crippen molar-refractivity contribution in [3.05, 3.63) is 35.3 Å². The molecule has 2 heterocycles. The van der Waals surface area contributed by atoms with Crippen molar-refractivity contribution >= 4 is 27.1 Å². The summed E-state index contributed by atoms with van der Waals surface area (Å²) in [5.74, 6) is 0.898. The number of hydrogen-bond acceptors (Lipinski definition) is 6. The monoisotopic (exact) mass is 380 g/mol. The number of ether oxygens (including phenoxy) is 1. The molecule has 2 aromatic rings. The van der Waals surface area contributed by atoms with Crippen molar-refractivity contribution < 1.29 is 17.9 Å². The SMILES string of the molecule is COc1ccc(-c2nc(CC(=O)N(C)[C@H]3CCS(=O)(=O)C3)cs2)cc1. The first-order valence-electron chi connectivity index (χ1n) is 7.93. The minimum atomic E-state index is -3.00. The van der Waals surface area contributed by atoms with Crippen LogP contribution in [0.4, 0.5) is 0 Å². The van der Waals surface area contributed by atoms with Crippen LogP contribution >= 0.6 is 11.3 Å². The topological polar surface area (TPSA) is 76.6 Å². The van der Waals surface area contributed by atoms with Crippen LogP contribution in [0.3, 0.4) is 0 Å². The molecule has 6 nitrogen and oxygen atoms in total. The molecule has 25 heavy (non-hydrogen) atoms. The summed E-state index contributed by atoms with van der Waals surface area (Å²) in [4.78, 5) is 18.5. The van der Waals surface area contributed by atoms with Crippen LogP contribution in [-0.2, 0) is 21.1 Å². The Morgan fingerprint density at radius 2 is 2.08 bits per heavy atom. The molecule has 8 heteroatoms. The number of carbonyl (C=O) groups is 1. The van der Waals surface area contributed by atoms with E-state index in [2.05, 4.69) is 4.98 Å². The third-order valence-corrected chi connectivity index (χ3v) is 7.06. The number of nitrogens with zero attached hydrogens (tertiary/aromatic N) is 2. The van der Waals surface area contributed by atoms with E-state index in [0.29, 0.717) is 12.1 Å². The Morgan fingerprint density at radius 1 is 1.36 bits per heavy atom. The average Bonchev–Trinajstić information content (AvgIpc) is 3.20.